The van der Waals surface area contributed by atoms with Gasteiger partial charge in [-0.05, 0) is 38.8 Å². The fraction of sp³-hybridized carbons (Fsp3) is 0.632. The zero-order chi connectivity index (χ0) is 17.2. The molecule has 0 radical (unpaired) electrons. The van der Waals surface area contributed by atoms with Gasteiger partial charge in [0.25, 0.3) is 0 Å². The summed E-state index contributed by atoms with van der Waals surface area (Å²) in [5, 5.41) is 6.85. The van der Waals surface area contributed by atoms with Crippen LogP contribution in [0.2, 0.25) is 0 Å². The van der Waals surface area contributed by atoms with Gasteiger partial charge < -0.3 is 15.4 Å². The van der Waals surface area contributed by atoms with E-state index in [-0.39, 0.29) is 0 Å². The van der Waals surface area contributed by atoms with Crippen LogP contribution < -0.4 is 10.6 Å². The largest absolute Gasteiger partial charge is 0.383 e. The van der Waals surface area contributed by atoms with Gasteiger partial charge >= 0.3 is 0 Å². The van der Waals surface area contributed by atoms with Crippen LogP contribution in [0.15, 0.2) is 29.3 Å². The molecule has 0 amide bonds. The highest BCUT2D eigenvalue weighted by atomic mass is 16.5. The highest BCUT2D eigenvalue weighted by molar-refractivity contribution is 5.79. The van der Waals surface area contributed by atoms with Crippen molar-refractivity contribution in [2.75, 3.05) is 39.9 Å². The Balaban J connectivity index is 1.85. The van der Waals surface area contributed by atoms with E-state index in [0.717, 1.165) is 32.2 Å². The van der Waals surface area contributed by atoms with Crippen LogP contribution >= 0.6 is 0 Å². The Kier molecular flexibility index (Phi) is 8.05. The lowest BCUT2D eigenvalue weighted by atomic mass is 10.1. The normalized spacial score (nSPS) is 18.8. The third-order valence-corrected chi connectivity index (χ3v) is 4.47. The maximum atomic E-state index is 5.21. The van der Waals surface area contributed by atoms with Crippen LogP contribution in [0.1, 0.15) is 30.9 Å². The molecule has 0 bridgehead atoms. The lowest BCUT2D eigenvalue weighted by molar-refractivity contribution is 0.141. The topological polar surface area (TPSA) is 48.9 Å². The van der Waals surface area contributed by atoms with E-state index < -0.39 is 0 Å². The van der Waals surface area contributed by atoms with Gasteiger partial charge in [0.05, 0.1) is 13.2 Å². The molecule has 1 saturated heterocycles. The summed E-state index contributed by atoms with van der Waals surface area (Å²) in [6.07, 6.45) is 2.52. The minimum atomic E-state index is 0.573. The van der Waals surface area contributed by atoms with Gasteiger partial charge in [-0.2, -0.15) is 0 Å². The third kappa shape index (κ3) is 6.13. The Morgan fingerprint density at radius 2 is 2.08 bits per heavy atom. The number of ether oxygens (including phenoxy) is 1. The monoisotopic (exact) mass is 332 g/mol. The molecule has 1 heterocycles. The van der Waals surface area contributed by atoms with Gasteiger partial charge in [0.15, 0.2) is 5.96 Å². The Hall–Kier alpha value is -1.59. The van der Waals surface area contributed by atoms with E-state index in [9.17, 15) is 0 Å². The average Bonchev–Trinajstić information content (AvgIpc) is 3.04. The fourth-order valence-corrected chi connectivity index (χ4v) is 3.05. The second-order valence-electron chi connectivity index (χ2n) is 6.39. The molecule has 5 nitrogen and oxygen atoms in total. The summed E-state index contributed by atoms with van der Waals surface area (Å²) in [7, 11) is 1.77. The highest BCUT2D eigenvalue weighted by Gasteiger charge is 2.23. The molecular weight excluding hydrogens is 300 g/mol. The van der Waals surface area contributed by atoms with Crippen molar-refractivity contribution in [2.24, 2.45) is 4.99 Å². The van der Waals surface area contributed by atoms with Gasteiger partial charge in [0, 0.05) is 32.8 Å². The Bertz CT molecular complexity index is 501. The molecule has 1 aliphatic rings. The Labute approximate surface area is 146 Å². The highest BCUT2D eigenvalue weighted by Crippen LogP contribution is 2.15. The number of guanidine groups is 1. The van der Waals surface area contributed by atoms with Crippen molar-refractivity contribution in [3.05, 3.63) is 35.4 Å². The van der Waals surface area contributed by atoms with Crippen LogP contribution in [0, 0.1) is 6.92 Å². The van der Waals surface area contributed by atoms with Crippen molar-refractivity contribution < 1.29 is 4.74 Å². The Morgan fingerprint density at radius 3 is 2.79 bits per heavy atom. The van der Waals surface area contributed by atoms with Crippen LogP contribution in [0.25, 0.3) is 0 Å². The lowest BCUT2D eigenvalue weighted by Gasteiger charge is -2.25. The molecule has 1 atom stereocenters. The molecule has 24 heavy (non-hydrogen) atoms. The number of methoxy groups -OCH3 is 1. The van der Waals surface area contributed by atoms with E-state index in [1.165, 1.54) is 30.5 Å². The van der Waals surface area contributed by atoms with Crippen molar-refractivity contribution in [2.45, 2.75) is 39.3 Å². The standard InChI is InChI=1S/C19H32N4O/c1-4-20-19(21-14-17-9-7-16(2)8-10-17)22-15-18-6-5-11-23(18)12-13-24-3/h7-10,18H,4-6,11-15H2,1-3H3,(H2,20,21,22). The molecule has 0 aromatic heterocycles. The number of nitrogens with one attached hydrogen (secondary N) is 2. The van der Waals surface area contributed by atoms with E-state index in [1.54, 1.807) is 7.11 Å². The summed E-state index contributed by atoms with van der Waals surface area (Å²) in [6.45, 7) is 9.71. The first-order chi connectivity index (χ1) is 11.7. The number of hydrogen-bond donors (Lipinski definition) is 2. The number of likely N-dealkylation sites (tertiary alicyclic amines) is 1. The average molecular weight is 332 g/mol. The van der Waals surface area contributed by atoms with Crippen LogP contribution in [0.4, 0.5) is 0 Å². The van der Waals surface area contributed by atoms with Crippen LogP contribution in [0.5, 0.6) is 0 Å². The van der Waals surface area contributed by atoms with Gasteiger partial charge in [-0.3, -0.25) is 4.90 Å². The smallest absolute Gasteiger partial charge is 0.191 e. The summed E-state index contributed by atoms with van der Waals surface area (Å²) in [5.41, 5.74) is 2.52. The Morgan fingerprint density at radius 1 is 1.29 bits per heavy atom. The van der Waals surface area contributed by atoms with E-state index in [4.69, 9.17) is 9.73 Å². The number of hydrogen-bond acceptors (Lipinski definition) is 3. The summed E-state index contributed by atoms with van der Waals surface area (Å²) < 4.78 is 5.21. The van der Waals surface area contributed by atoms with Crippen molar-refractivity contribution in [3.8, 4) is 0 Å². The van der Waals surface area contributed by atoms with Crippen molar-refractivity contribution in [3.63, 3.8) is 0 Å². The SMILES string of the molecule is CCNC(=NCc1ccc(C)cc1)NCC1CCCN1CCOC. The molecule has 134 valence electrons. The quantitative estimate of drug-likeness (QED) is 0.566. The number of rotatable bonds is 8. The van der Waals surface area contributed by atoms with Gasteiger partial charge in [-0.1, -0.05) is 29.8 Å². The van der Waals surface area contributed by atoms with Gasteiger partial charge in [-0.15, -0.1) is 0 Å². The first-order valence-corrected chi connectivity index (χ1v) is 9.03. The van der Waals surface area contributed by atoms with Crippen molar-refractivity contribution >= 4 is 5.96 Å². The zero-order valence-electron chi connectivity index (χ0n) is 15.3. The maximum Gasteiger partial charge on any atom is 0.191 e. The molecule has 1 fully saturated rings. The summed E-state index contributed by atoms with van der Waals surface area (Å²) in [5.74, 6) is 0.900. The van der Waals surface area contributed by atoms with Crippen LogP contribution in [-0.2, 0) is 11.3 Å². The molecule has 2 N–H and O–H groups in total. The molecule has 2 rings (SSSR count). The van der Waals surface area contributed by atoms with Crippen molar-refractivity contribution in [1.82, 2.24) is 15.5 Å². The number of aliphatic imine (C=N–C) groups is 1. The lowest BCUT2D eigenvalue weighted by Crippen LogP contribution is -2.45. The second kappa shape index (κ2) is 10.3. The predicted molar refractivity (Wildman–Crippen MR) is 100 cm³/mol. The minimum Gasteiger partial charge on any atom is -0.383 e. The van der Waals surface area contributed by atoms with Gasteiger partial charge in [0.2, 0.25) is 0 Å². The number of benzene rings is 1. The molecule has 1 aromatic rings. The van der Waals surface area contributed by atoms with E-state index in [2.05, 4.69) is 53.6 Å². The molecule has 1 aliphatic heterocycles. The number of nitrogens with zero attached hydrogens (tertiary/aromatic N) is 2. The zero-order valence-corrected chi connectivity index (χ0v) is 15.3. The van der Waals surface area contributed by atoms with Crippen LogP contribution in [-0.4, -0.2) is 56.8 Å². The van der Waals surface area contributed by atoms with Crippen molar-refractivity contribution in [1.29, 1.82) is 0 Å². The van der Waals surface area contributed by atoms with E-state index >= 15 is 0 Å². The maximum absolute atomic E-state index is 5.21. The summed E-state index contributed by atoms with van der Waals surface area (Å²) in [6, 6.07) is 9.13. The molecule has 1 unspecified atom stereocenters. The molecule has 0 aliphatic carbocycles. The van der Waals surface area contributed by atoms with Crippen LogP contribution in [0.3, 0.4) is 0 Å². The van der Waals surface area contributed by atoms with Gasteiger partial charge in [0.1, 0.15) is 0 Å². The summed E-state index contributed by atoms with van der Waals surface area (Å²) in [4.78, 5) is 7.23. The third-order valence-electron chi connectivity index (χ3n) is 4.47. The molecular formula is C19H32N4O. The first kappa shape index (κ1) is 18.7. The second-order valence-corrected chi connectivity index (χ2v) is 6.39. The molecule has 5 heteroatoms. The predicted octanol–water partition coefficient (Wildman–Crippen LogP) is 2.16. The van der Waals surface area contributed by atoms with E-state index in [1.807, 2.05) is 0 Å². The van der Waals surface area contributed by atoms with Gasteiger partial charge in [-0.25, -0.2) is 4.99 Å². The first-order valence-electron chi connectivity index (χ1n) is 9.03. The molecule has 0 spiro atoms. The van der Waals surface area contributed by atoms with E-state index in [0.29, 0.717) is 12.6 Å². The number of aryl methyl sites for hydroxylation is 1. The summed E-state index contributed by atoms with van der Waals surface area (Å²) >= 11 is 0. The molecule has 1 aromatic carbocycles. The minimum absolute atomic E-state index is 0.573. The molecule has 0 saturated carbocycles. The fourth-order valence-electron chi connectivity index (χ4n) is 3.05.